The zero-order valence-corrected chi connectivity index (χ0v) is 11.9. The van der Waals surface area contributed by atoms with Crippen LogP contribution >= 0.6 is 0 Å². The van der Waals surface area contributed by atoms with Crippen LogP contribution in [0.2, 0.25) is 0 Å². The fourth-order valence-electron chi connectivity index (χ4n) is 2.09. The summed E-state index contributed by atoms with van der Waals surface area (Å²) in [4.78, 5) is 11.5. The number of hydrogen-bond acceptors (Lipinski definition) is 2. The Morgan fingerprint density at radius 1 is 1.24 bits per heavy atom. The van der Waals surface area contributed by atoms with Crippen LogP contribution in [-0.4, -0.2) is 24.2 Å². The molecule has 0 aromatic heterocycles. The number of aliphatic hydroxyl groups excluding tert-OH is 1. The second kappa shape index (κ2) is 6.20. The van der Waals surface area contributed by atoms with Crippen LogP contribution in [0.1, 0.15) is 47.5 Å². The monoisotopic (exact) mass is 241 g/mol. The predicted molar refractivity (Wildman–Crippen MR) is 71.7 cm³/mol. The van der Waals surface area contributed by atoms with Gasteiger partial charge in [-0.3, -0.25) is 4.79 Å². The number of amides is 1. The Labute approximate surface area is 105 Å². The van der Waals surface area contributed by atoms with Crippen LogP contribution in [0.15, 0.2) is 12.2 Å². The van der Waals surface area contributed by atoms with Gasteiger partial charge in [0, 0.05) is 19.6 Å². The lowest BCUT2D eigenvalue weighted by Crippen LogP contribution is -2.37. The predicted octanol–water partition coefficient (Wildman–Crippen LogP) is 2.50. The van der Waals surface area contributed by atoms with E-state index in [9.17, 15) is 9.90 Å². The standard InChI is InChI=1S/C14H27NO2/c1-11(2)7-12(17)15-9-13(3,4)8-14(5,6)10-16/h16H,1,7-10H2,2-6H3,(H,15,17). The van der Waals surface area contributed by atoms with Crippen LogP contribution in [0.4, 0.5) is 0 Å². The first-order chi connectivity index (χ1) is 7.58. The average molecular weight is 241 g/mol. The van der Waals surface area contributed by atoms with Gasteiger partial charge < -0.3 is 10.4 Å². The SMILES string of the molecule is C=C(C)CC(=O)NCC(C)(C)CC(C)(C)CO. The Balaban J connectivity index is 4.18. The highest BCUT2D eigenvalue weighted by molar-refractivity contribution is 5.78. The molecular formula is C14H27NO2. The Morgan fingerprint density at radius 3 is 2.18 bits per heavy atom. The number of carbonyl (C=O) groups excluding carboxylic acids is 1. The molecule has 0 aliphatic carbocycles. The molecule has 2 N–H and O–H groups in total. The van der Waals surface area contributed by atoms with Gasteiger partial charge in [-0.05, 0) is 24.2 Å². The van der Waals surface area contributed by atoms with Crippen molar-refractivity contribution in [3.8, 4) is 0 Å². The fraction of sp³-hybridized carbons (Fsp3) is 0.786. The summed E-state index contributed by atoms with van der Waals surface area (Å²) in [6, 6.07) is 0. The molecule has 0 saturated heterocycles. The molecule has 3 heteroatoms. The summed E-state index contributed by atoms with van der Waals surface area (Å²) in [5.41, 5.74) is 0.746. The summed E-state index contributed by atoms with van der Waals surface area (Å²) in [7, 11) is 0. The van der Waals surface area contributed by atoms with Crippen molar-refractivity contribution in [2.24, 2.45) is 10.8 Å². The molecule has 0 saturated carbocycles. The number of rotatable bonds is 7. The van der Waals surface area contributed by atoms with E-state index in [1.54, 1.807) is 0 Å². The van der Waals surface area contributed by atoms with E-state index in [4.69, 9.17) is 0 Å². The van der Waals surface area contributed by atoms with Gasteiger partial charge in [-0.25, -0.2) is 0 Å². The fourth-order valence-corrected chi connectivity index (χ4v) is 2.09. The third kappa shape index (κ3) is 7.97. The van der Waals surface area contributed by atoms with Crippen LogP contribution in [0.5, 0.6) is 0 Å². The summed E-state index contributed by atoms with van der Waals surface area (Å²) in [6.07, 6.45) is 1.25. The van der Waals surface area contributed by atoms with Crippen molar-refractivity contribution in [2.45, 2.75) is 47.5 Å². The third-order valence-electron chi connectivity index (χ3n) is 2.61. The minimum absolute atomic E-state index is 0.0169. The van der Waals surface area contributed by atoms with E-state index in [0.717, 1.165) is 12.0 Å². The topological polar surface area (TPSA) is 49.3 Å². The lowest BCUT2D eigenvalue weighted by Gasteiger charge is -2.33. The second-order valence-electron chi connectivity index (χ2n) is 6.57. The van der Waals surface area contributed by atoms with E-state index in [1.165, 1.54) is 0 Å². The quantitative estimate of drug-likeness (QED) is 0.673. The normalized spacial score (nSPS) is 12.4. The molecule has 0 rings (SSSR count). The molecule has 0 aliphatic heterocycles. The van der Waals surface area contributed by atoms with Gasteiger partial charge in [0.2, 0.25) is 5.91 Å². The first-order valence-electron chi connectivity index (χ1n) is 6.10. The highest BCUT2D eigenvalue weighted by Crippen LogP contribution is 2.32. The van der Waals surface area contributed by atoms with Crippen LogP contribution in [0, 0.1) is 10.8 Å². The smallest absolute Gasteiger partial charge is 0.224 e. The molecule has 0 aromatic carbocycles. The van der Waals surface area contributed by atoms with Gasteiger partial charge in [0.1, 0.15) is 0 Å². The minimum atomic E-state index is -0.109. The molecule has 0 spiro atoms. The number of nitrogens with one attached hydrogen (secondary N) is 1. The molecule has 0 atom stereocenters. The molecule has 100 valence electrons. The summed E-state index contributed by atoms with van der Waals surface area (Å²) in [5.74, 6) is 0.0207. The summed E-state index contributed by atoms with van der Waals surface area (Å²) in [5, 5.41) is 12.2. The molecule has 0 bridgehead atoms. The second-order valence-corrected chi connectivity index (χ2v) is 6.57. The van der Waals surface area contributed by atoms with Crippen molar-refractivity contribution >= 4 is 5.91 Å². The summed E-state index contributed by atoms with van der Waals surface area (Å²) in [6.45, 7) is 14.6. The van der Waals surface area contributed by atoms with Gasteiger partial charge in [-0.2, -0.15) is 0 Å². The zero-order valence-electron chi connectivity index (χ0n) is 11.9. The molecule has 0 unspecified atom stereocenters. The van der Waals surface area contributed by atoms with E-state index in [2.05, 4.69) is 25.7 Å². The van der Waals surface area contributed by atoms with Gasteiger partial charge in [0.05, 0.1) is 0 Å². The maximum absolute atomic E-state index is 11.5. The van der Waals surface area contributed by atoms with Gasteiger partial charge in [0.25, 0.3) is 0 Å². The maximum Gasteiger partial charge on any atom is 0.224 e. The first kappa shape index (κ1) is 16.2. The van der Waals surface area contributed by atoms with Crippen molar-refractivity contribution in [3.05, 3.63) is 12.2 Å². The number of aliphatic hydroxyl groups is 1. The van der Waals surface area contributed by atoms with E-state index < -0.39 is 0 Å². The lowest BCUT2D eigenvalue weighted by molar-refractivity contribution is -0.121. The van der Waals surface area contributed by atoms with E-state index in [1.807, 2.05) is 20.8 Å². The molecule has 1 amide bonds. The van der Waals surface area contributed by atoms with Crippen molar-refractivity contribution in [1.29, 1.82) is 0 Å². The van der Waals surface area contributed by atoms with Crippen LogP contribution in [-0.2, 0) is 4.79 Å². The van der Waals surface area contributed by atoms with Crippen LogP contribution in [0.3, 0.4) is 0 Å². The van der Waals surface area contributed by atoms with Crippen molar-refractivity contribution in [2.75, 3.05) is 13.2 Å². The summed E-state index contributed by atoms with van der Waals surface area (Å²) >= 11 is 0. The van der Waals surface area contributed by atoms with E-state index >= 15 is 0 Å². The zero-order chi connectivity index (χ0) is 13.7. The minimum Gasteiger partial charge on any atom is -0.396 e. The Morgan fingerprint density at radius 2 is 1.76 bits per heavy atom. The van der Waals surface area contributed by atoms with Gasteiger partial charge in [-0.15, -0.1) is 0 Å². The van der Waals surface area contributed by atoms with Crippen molar-refractivity contribution < 1.29 is 9.90 Å². The third-order valence-corrected chi connectivity index (χ3v) is 2.61. The van der Waals surface area contributed by atoms with Crippen LogP contribution < -0.4 is 5.32 Å². The highest BCUT2D eigenvalue weighted by atomic mass is 16.3. The van der Waals surface area contributed by atoms with Gasteiger partial charge in [-0.1, -0.05) is 39.8 Å². The Hall–Kier alpha value is -0.830. The largest absolute Gasteiger partial charge is 0.396 e. The van der Waals surface area contributed by atoms with E-state index in [0.29, 0.717) is 13.0 Å². The molecule has 17 heavy (non-hydrogen) atoms. The van der Waals surface area contributed by atoms with Gasteiger partial charge in [0.15, 0.2) is 0 Å². The van der Waals surface area contributed by atoms with Crippen molar-refractivity contribution in [1.82, 2.24) is 5.32 Å². The average Bonchev–Trinajstić information content (AvgIpc) is 2.12. The molecule has 0 heterocycles. The highest BCUT2D eigenvalue weighted by Gasteiger charge is 2.28. The number of carbonyl (C=O) groups is 1. The molecule has 0 radical (unpaired) electrons. The molecular weight excluding hydrogens is 214 g/mol. The maximum atomic E-state index is 11.5. The van der Waals surface area contributed by atoms with E-state index in [-0.39, 0.29) is 23.3 Å². The summed E-state index contributed by atoms with van der Waals surface area (Å²) < 4.78 is 0. The molecule has 0 fully saturated rings. The first-order valence-corrected chi connectivity index (χ1v) is 6.10. The Bertz CT molecular complexity index is 280. The lowest BCUT2D eigenvalue weighted by atomic mass is 9.75. The Kier molecular flexibility index (Phi) is 5.89. The van der Waals surface area contributed by atoms with Crippen LogP contribution in [0.25, 0.3) is 0 Å². The van der Waals surface area contributed by atoms with Gasteiger partial charge >= 0.3 is 0 Å². The van der Waals surface area contributed by atoms with Crippen molar-refractivity contribution in [3.63, 3.8) is 0 Å². The molecule has 3 nitrogen and oxygen atoms in total. The molecule has 0 aliphatic rings. The number of hydrogen-bond donors (Lipinski definition) is 2. The molecule has 0 aromatic rings.